The van der Waals surface area contributed by atoms with Gasteiger partial charge >= 0.3 is 0 Å². The Bertz CT molecular complexity index is 447. The third-order valence-electron chi connectivity index (χ3n) is 3.37. The minimum atomic E-state index is -1.46. The number of rotatable bonds is 3. The summed E-state index contributed by atoms with van der Waals surface area (Å²) >= 11 is 0. The van der Waals surface area contributed by atoms with E-state index in [-0.39, 0.29) is 12.2 Å². The van der Waals surface area contributed by atoms with Gasteiger partial charge in [-0.05, 0) is 6.92 Å². The number of ether oxygens (including phenoxy) is 1. The highest BCUT2D eigenvalue weighted by Gasteiger charge is 2.43. The minimum Gasteiger partial charge on any atom is -0.394 e. The lowest BCUT2D eigenvalue weighted by molar-refractivity contribution is -0.226. The molecular formula is C12H18N2O6. The van der Waals surface area contributed by atoms with E-state index in [0.29, 0.717) is 11.4 Å². The number of ketones is 1. The van der Waals surface area contributed by atoms with Gasteiger partial charge in [0.25, 0.3) is 0 Å². The number of aliphatic hydroxyl groups is 4. The van der Waals surface area contributed by atoms with Crippen molar-refractivity contribution in [3.8, 4) is 0 Å². The fourth-order valence-electron chi connectivity index (χ4n) is 2.10. The highest BCUT2D eigenvalue weighted by atomic mass is 16.6. The second kappa shape index (κ2) is 5.98. The molecule has 0 amide bonds. The summed E-state index contributed by atoms with van der Waals surface area (Å²) < 4.78 is 5.24. The number of carbonyl (C=O) groups excluding carboxylic acids is 1. The van der Waals surface area contributed by atoms with Gasteiger partial charge in [0, 0.05) is 18.2 Å². The van der Waals surface area contributed by atoms with Crippen molar-refractivity contribution in [2.75, 3.05) is 6.61 Å². The normalized spacial score (nSPS) is 39.5. The van der Waals surface area contributed by atoms with Gasteiger partial charge < -0.3 is 30.5 Å². The first-order chi connectivity index (χ1) is 9.43. The van der Waals surface area contributed by atoms with Crippen molar-refractivity contribution in [1.29, 1.82) is 0 Å². The van der Waals surface area contributed by atoms with Crippen LogP contribution in [0.4, 0.5) is 0 Å². The van der Waals surface area contributed by atoms with E-state index in [9.17, 15) is 20.1 Å². The number of hydrogen-bond donors (Lipinski definition) is 5. The van der Waals surface area contributed by atoms with Crippen LogP contribution in [-0.4, -0.2) is 69.3 Å². The van der Waals surface area contributed by atoms with Gasteiger partial charge in [-0.3, -0.25) is 4.79 Å². The van der Waals surface area contributed by atoms with E-state index >= 15 is 0 Å². The Hall–Kier alpha value is -1.32. The average Bonchev–Trinajstić information content (AvgIpc) is 2.88. The van der Waals surface area contributed by atoms with Crippen molar-refractivity contribution in [2.45, 2.75) is 44.0 Å². The first-order valence-electron chi connectivity index (χ1n) is 6.27. The van der Waals surface area contributed by atoms with Crippen LogP contribution in [0.5, 0.6) is 0 Å². The molecule has 2 aliphatic heterocycles. The van der Waals surface area contributed by atoms with Gasteiger partial charge in [-0.25, -0.2) is 4.99 Å². The van der Waals surface area contributed by atoms with E-state index in [0.717, 1.165) is 0 Å². The molecule has 2 rings (SSSR count). The molecule has 1 saturated heterocycles. The predicted molar refractivity (Wildman–Crippen MR) is 67.7 cm³/mol. The van der Waals surface area contributed by atoms with Crippen LogP contribution < -0.4 is 5.32 Å². The lowest BCUT2D eigenvalue weighted by atomic mass is 9.98. The van der Waals surface area contributed by atoms with Crippen LogP contribution in [0.25, 0.3) is 0 Å². The van der Waals surface area contributed by atoms with E-state index in [4.69, 9.17) is 9.84 Å². The van der Waals surface area contributed by atoms with E-state index in [1.54, 1.807) is 0 Å². The Labute approximate surface area is 115 Å². The number of aliphatic imine (C=N–C) groups is 1. The zero-order valence-electron chi connectivity index (χ0n) is 10.9. The number of nitrogens with one attached hydrogen (secondary N) is 1. The number of nitrogens with zero attached hydrogens (tertiary/aromatic N) is 1. The van der Waals surface area contributed by atoms with Crippen LogP contribution in [0.3, 0.4) is 0 Å². The molecular weight excluding hydrogens is 268 g/mol. The Kier molecular flexibility index (Phi) is 4.51. The van der Waals surface area contributed by atoms with Crippen LogP contribution >= 0.6 is 0 Å². The van der Waals surface area contributed by atoms with Gasteiger partial charge in [0.2, 0.25) is 0 Å². The summed E-state index contributed by atoms with van der Waals surface area (Å²) in [5.74, 6) is 0.330. The van der Waals surface area contributed by atoms with Crippen molar-refractivity contribution in [3.63, 3.8) is 0 Å². The maximum Gasteiger partial charge on any atom is 0.179 e. The molecule has 0 aliphatic carbocycles. The van der Waals surface area contributed by atoms with E-state index in [1.807, 2.05) is 0 Å². The zero-order valence-corrected chi connectivity index (χ0v) is 10.9. The molecule has 0 spiro atoms. The first kappa shape index (κ1) is 15.1. The van der Waals surface area contributed by atoms with Crippen LogP contribution in [-0.2, 0) is 9.53 Å². The van der Waals surface area contributed by atoms with Crippen LogP contribution in [0.2, 0.25) is 0 Å². The highest BCUT2D eigenvalue weighted by Crippen LogP contribution is 2.23. The molecule has 20 heavy (non-hydrogen) atoms. The molecule has 112 valence electrons. The van der Waals surface area contributed by atoms with Crippen molar-refractivity contribution in [3.05, 3.63) is 11.8 Å². The SMILES string of the molecule is CC(=O)C1=CNC(=NC2OC(CO)C(O)C(O)C2O)C1. The molecule has 0 aromatic rings. The molecule has 5 unspecified atom stereocenters. The van der Waals surface area contributed by atoms with Crippen LogP contribution in [0.15, 0.2) is 16.8 Å². The second-order valence-corrected chi connectivity index (χ2v) is 4.84. The number of amidine groups is 1. The van der Waals surface area contributed by atoms with Crippen LogP contribution in [0.1, 0.15) is 13.3 Å². The van der Waals surface area contributed by atoms with Gasteiger partial charge in [0.1, 0.15) is 30.3 Å². The molecule has 2 heterocycles. The molecule has 0 aromatic carbocycles. The quantitative estimate of drug-likeness (QED) is 0.392. The highest BCUT2D eigenvalue weighted by molar-refractivity contribution is 6.03. The summed E-state index contributed by atoms with van der Waals surface area (Å²) in [5.41, 5.74) is 0.549. The summed E-state index contributed by atoms with van der Waals surface area (Å²) in [7, 11) is 0. The molecule has 0 aromatic heterocycles. The molecule has 8 heteroatoms. The van der Waals surface area contributed by atoms with E-state index in [2.05, 4.69) is 10.3 Å². The number of carbonyl (C=O) groups is 1. The fraction of sp³-hybridized carbons (Fsp3) is 0.667. The molecule has 5 atom stereocenters. The number of hydrogen-bond acceptors (Lipinski definition) is 7. The summed E-state index contributed by atoms with van der Waals surface area (Å²) in [6.45, 7) is 0.932. The zero-order chi connectivity index (χ0) is 14.9. The summed E-state index contributed by atoms with van der Waals surface area (Å²) in [6, 6.07) is 0. The molecule has 0 bridgehead atoms. The molecule has 1 fully saturated rings. The molecule has 8 nitrogen and oxygen atoms in total. The van der Waals surface area contributed by atoms with Crippen molar-refractivity contribution in [2.24, 2.45) is 4.99 Å². The molecule has 5 N–H and O–H groups in total. The maximum atomic E-state index is 11.2. The van der Waals surface area contributed by atoms with E-state index < -0.39 is 37.3 Å². The van der Waals surface area contributed by atoms with Gasteiger partial charge in [-0.15, -0.1) is 0 Å². The van der Waals surface area contributed by atoms with Crippen molar-refractivity contribution >= 4 is 11.6 Å². The lowest BCUT2D eigenvalue weighted by Crippen LogP contribution is -2.58. The Morgan fingerprint density at radius 3 is 2.65 bits per heavy atom. The maximum absolute atomic E-state index is 11.2. The lowest BCUT2D eigenvalue weighted by Gasteiger charge is -2.38. The Morgan fingerprint density at radius 1 is 1.40 bits per heavy atom. The molecule has 0 saturated carbocycles. The topological polar surface area (TPSA) is 132 Å². The smallest absolute Gasteiger partial charge is 0.179 e. The average molecular weight is 286 g/mol. The third kappa shape index (κ3) is 2.89. The van der Waals surface area contributed by atoms with Crippen molar-refractivity contribution < 1.29 is 30.0 Å². The number of aliphatic hydroxyl groups excluding tert-OH is 4. The van der Waals surface area contributed by atoms with Gasteiger partial charge in [-0.1, -0.05) is 0 Å². The summed E-state index contributed by atoms with van der Waals surface area (Å²) in [4.78, 5) is 15.3. The number of Topliss-reactive ketones (excluding diaryl/α,β-unsaturated/α-hetero) is 1. The predicted octanol–water partition coefficient (Wildman–Crippen LogP) is -2.35. The van der Waals surface area contributed by atoms with E-state index in [1.165, 1.54) is 13.1 Å². The van der Waals surface area contributed by atoms with Crippen molar-refractivity contribution in [1.82, 2.24) is 5.32 Å². The van der Waals surface area contributed by atoms with Gasteiger partial charge in [0.05, 0.1) is 6.61 Å². The second-order valence-electron chi connectivity index (χ2n) is 4.84. The largest absolute Gasteiger partial charge is 0.394 e. The minimum absolute atomic E-state index is 0.0866. The first-order valence-corrected chi connectivity index (χ1v) is 6.27. The molecule has 2 aliphatic rings. The monoisotopic (exact) mass is 286 g/mol. The fourth-order valence-corrected chi connectivity index (χ4v) is 2.10. The standard InChI is InChI=1S/C12H18N2O6/c1-5(16)6-2-8(13-3-6)14-12-11(19)10(18)9(17)7(4-15)20-12/h3,7,9-12,15,17-19H,2,4H2,1H3,(H,13,14). The summed E-state index contributed by atoms with van der Waals surface area (Å²) in [5, 5.41) is 40.9. The van der Waals surface area contributed by atoms with Gasteiger partial charge in [-0.2, -0.15) is 0 Å². The molecule has 0 radical (unpaired) electrons. The van der Waals surface area contributed by atoms with Gasteiger partial charge in [0.15, 0.2) is 12.0 Å². The Balaban J connectivity index is 2.07. The third-order valence-corrected chi connectivity index (χ3v) is 3.37. The van der Waals surface area contributed by atoms with Crippen LogP contribution in [0, 0.1) is 0 Å². The Morgan fingerprint density at radius 2 is 2.10 bits per heavy atom. The summed E-state index contributed by atoms with van der Waals surface area (Å²) in [6.07, 6.45) is -4.60.